The third-order valence-electron chi connectivity index (χ3n) is 2.60. The molecule has 7 nitrogen and oxygen atoms in total. The highest BCUT2D eigenvalue weighted by molar-refractivity contribution is 5.76. The van der Waals surface area contributed by atoms with Gasteiger partial charge in [0.2, 0.25) is 0 Å². The average molecular weight is 255 g/mol. The lowest BCUT2D eigenvalue weighted by Crippen LogP contribution is -2.30. The molecule has 1 heterocycles. The van der Waals surface area contributed by atoms with Crippen molar-refractivity contribution < 1.29 is 19.7 Å². The Morgan fingerprint density at radius 2 is 2.11 bits per heavy atom. The van der Waals surface area contributed by atoms with E-state index in [-0.39, 0.29) is 23.7 Å². The van der Waals surface area contributed by atoms with Crippen LogP contribution in [0.1, 0.15) is 24.2 Å². The Balaban J connectivity index is 3.00. The molecule has 0 saturated heterocycles. The summed E-state index contributed by atoms with van der Waals surface area (Å²) in [7, 11) is 0. The molecule has 100 valence electrons. The predicted octanol–water partition coefficient (Wildman–Crippen LogP) is -0.488. The van der Waals surface area contributed by atoms with E-state index < -0.39 is 18.2 Å². The molecule has 2 unspecified atom stereocenters. The van der Waals surface area contributed by atoms with E-state index in [9.17, 15) is 15.0 Å². The number of carbonyl (C=O) groups excluding carboxylic acids is 1. The number of pyridine rings is 1. The highest BCUT2D eigenvalue weighted by Crippen LogP contribution is 2.27. The van der Waals surface area contributed by atoms with Gasteiger partial charge in [0.25, 0.3) is 0 Å². The zero-order valence-electron chi connectivity index (χ0n) is 10.3. The van der Waals surface area contributed by atoms with Crippen molar-refractivity contribution in [2.24, 2.45) is 0 Å². The fourth-order valence-electron chi connectivity index (χ4n) is 1.48. The Bertz CT molecular complexity index is 450. The first-order valence-electron chi connectivity index (χ1n) is 5.43. The number of nitrogens with zero attached hydrogens (tertiary/aromatic N) is 1. The van der Waals surface area contributed by atoms with E-state index in [0.717, 1.165) is 0 Å². The van der Waals surface area contributed by atoms with Crippen LogP contribution in [0.4, 0.5) is 11.5 Å². The number of esters is 1. The third kappa shape index (κ3) is 2.69. The minimum Gasteiger partial charge on any atom is -0.464 e. The van der Waals surface area contributed by atoms with E-state index in [2.05, 4.69) is 9.72 Å². The number of nitrogen functional groups attached to an aromatic ring is 2. The molecule has 1 aromatic rings. The number of aromatic nitrogens is 1. The maximum Gasteiger partial charge on any atom is 0.338 e. The zero-order valence-corrected chi connectivity index (χ0v) is 10.3. The molecule has 0 aliphatic carbocycles. The van der Waals surface area contributed by atoms with Crippen LogP contribution >= 0.6 is 0 Å². The fourth-order valence-corrected chi connectivity index (χ4v) is 1.48. The van der Waals surface area contributed by atoms with Crippen LogP contribution in [0.2, 0.25) is 0 Å². The minimum atomic E-state index is -1.69. The zero-order chi connectivity index (χ0) is 13.9. The normalized spacial score (nSPS) is 14.0. The quantitative estimate of drug-likeness (QED) is 0.534. The van der Waals surface area contributed by atoms with Crippen LogP contribution in [0.25, 0.3) is 0 Å². The van der Waals surface area contributed by atoms with Crippen LogP contribution in [0, 0.1) is 6.92 Å². The lowest BCUT2D eigenvalue weighted by atomic mass is 10.0. The lowest BCUT2D eigenvalue weighted by molar-refractivity contribution is -0.159. The van der Waals surface area contributed by atoms with Crippen molar-refractivity contribution in [2.45, 2.75) is 26.1 Å². The van der Waals surface area contributed by atoms with Gasteiger partial charge in [0.05, 0.1) is 12.3 Å². The van der Waals surface area contributed by atoms with Gasteiger partial charge in [0, 0.05) is 11.8 Å². The van der Waals surface area contributed by atoms with Crippen molar-refractivity contribution in [1.82, 2.24) is 4.98 Å². The number of ether oxygens (including phenoxy) is 1. The second-order valence-electron chi connectivity index (χ2n) is 3.78. The number of hydrogen-bond donors (Lipinski definition) is 4. The highest BCUT2D eigenvalue weighted by atomic mass is 16.5. The van der Waals surface area contributed by atoms with E-state index in [4.69, 9.17) is 11.5 Å². The topological polar surface area (TPSA) is 132 Å². The van der Waals surface area contributed by atoms with Crippen LogP contribution < -0.4 is 11.5 Å². The van der Waals surface area contributed by atoms with Gasteiger partial charge in [-0.1, -0.05) is 0 Å². The number of aliphatic hydroxyl groups excluding tert-OH is 2. The van der Waals surface area contributed by atoms with Crippen LogP contribution in [0.15, 0.2) is 6.20 Å². The lowest BCUT2D eigenvalue weighted by Gasteiger charge is -2.19. The third-order valence-corrected chi connectivity index (χ3v) is 2.60. The molecular weight excluding hydrogens is 238 g/mol. The van der Waals surface area contributed by atoms with E-state index in [0.29, 0.717) is 5.56 Å². The van der Waals surface area contributed by atoms with Gasteiger partial charge in [-0.05, 0) is 19.4 Å². The van der Waals surface area contributed by atoms with Crippen molar-refractivity contribution >= 4 is 17.5 Å². The highest BCUT2D eigenvalue weighted by Gasteiger charge is 2.29. The van der Waals surface area contributed by atoms with Crippen LogP contribution in [0.3, 0.4) is 0 Å². The molecule has 0 amide bonds. The van der Waals surface area contributed by atoms with Crippen LogP contribution in [-0.4, -0.2) is 33.9 Å². The average Bonchev–Trinajstić information content (AvgIpc) is 2.35. The van der Waals surface area contributed by atoms with Crippen molar-refractivity contribution in [3.8, 4) is 0 Å². The monoisotopic (exact) mass is 255 g/mol. The number of hydrogen-bond acceptors (Lipinski definition) is 7. The molecule has 0 bridgehead atoms. The summed E-state index contributed by atoms with van der Waals surface area (Å²) in [5.41, 5.74) is 12.1. The molecule has 1 rings (SSSR count). The van der Waals surface area contributed by atoms with Crippen molar-refractivity contribution in [3.05, 3.63) is 17.3 Å². The first-order chi connectivity index (χ1) is 8.40. The van der Waals surface area contributed by atoms with E-state index in [1.165, 1.54) is 6.20 Å². The Labute approximate surface area is 104 Å². The Hall–Kier alpha value is -1.86. The standard InChI is InChI=1S/C11H17N3O4/c1-3-18-11(17)9(16)8(15)6-4-14-10(13)7(12)5(6)2/h4,8-9,15-16H,3,12H2,1-2H3,(H2,13,14). The molecule has 6 N–H and O–H groups in total. The molecule has 0 fully saturated rings. The van der Waals surface area contributed by atoms with Gasteiger partial charge in [0.1, 0.15) is 11.9 Å². The summed E-state index contributed by atoms with van der Waals surface area (Å²) in [5, 5.41) is 19.5. The summed E-state index contributed by atoms with van der Waals surface area (Å²) in [5.74, 6) is -0.770. The van der Waals surface area contributed by atoms with Gasteiger partial charge in [-0.3, -0.25) is 0 Å². The Morgan fingerprint density at radius 3 is 2.67 bits per heavy atom. The molecule has 7 heteroatoms. The maximum absolute atomic E-state index is 11.3. The number of carbonyl (C=O) groups is 1. The Kier molecular flexibility index (Phi) is 4.46. The van der Waals surface area contributed by atoms with E-state index in [1.54, 1.807) is 13.8 Å². The number of aliphatic hydroxyl groups is 2. The van der Waals surface area contributed by atoms with Crippen LogP contribution in [-0.2, 0) is 9.53 Å². The molecule has 0 radical (unpaired) electrons. The summed E-state index contributed by atoms with van der Waals surface area (Å²) in [6, 6.07) is 0. The molecule has 0 aliphatic heterocycles. The maximum atomic E-state index is 11.3. The summed E-state index contributed by atoms with van der Waals surface area (Å²) in [4.78, 5) is 15.1. The summed E-state index contributed by atoms with van der Waals surface area (Å²) in [6.45, 7) is 3.33. The molecule has 0 aromatic carbocycles. The van der Waals surface area contributed by atoms with E-state index >= 15 is 0 Å². The Morgan fingerprint density at radius 1 is 1.50 bits per heavy atom. The fraction of sp³-hybridized carbons (Fsp3) is 0.455. The summed E-state index contributed by atoms with van der Waals surface area (Å²) in [6.07, 6.45) is -1.87. The van der Waals surface area contributed by atoms with Crippen molar-refractivity contribution in [1.29, 1.82) is 0 Å². The summed E-state index contributed by atoms with van der Waals surface area (Å²) < 4.78 is 4.61. The summed E-state index contributed by atoms with van der Waals surface area (Å²) >= 11 is 0. The van der Waals surface area contributed by atoms with Gasteiger partial charge in [-0.2, -0.15) is 0 Å². The minimum absolute atomic E-state index is 0.115. The number of anilines is 2. The van der Waals surface area contributed by atoms with Gasteiger partial charge in [-0.25, -0.2) is 9.78 Å². The molecule has 18 heavy (non-hydrogen) atoms. The molecular formula is C11H17N3O4. The largest absolute Gasteiger partial charge is 0.464 e. The van der Waals surface area contributed by atoms with Crippen molar-refractivity contribution in [2.75, 3.05) is 18.1 Å². The van der Waals surface area contributed by atoms with Crippen LogP contribution in [0.5, 0.6) is 0 Å². The SMILES string of the molecule is CCOC(=O)C(O)C(O)c1cnc(N)c(N)c1C. The van der Waals surface area contributed by atoms with Gasteiger partial charge in [0.15, 0.2) is 6.10 Å². The molecule has 0 aliphatic rings. The van der Waals surface area contributed by atoms with Gasteiger partial charge < -0.3 is 26.4 Å². The van der Waals surface area contributed by atoms with Gasteiger partial charge >= 0.3 is 5.97 Å². The van der Waals surface area contributed by atoms with Crippen molar-refractivity contribution in [3.63, 3.8) is 0 Å². The molecule has 1 aromatic heterocycles. The number of nitrogens with two attached hydrogens (primary N) is 2. The predicted molar refractivity (Wildman–Crippen MR) is 65.4 cm³/mol. The molecule has 2 atom stereocenters. The van der Waals surface area contributed by atoms with Gasteiger partial charge in [-0.15, -0.1) is 0 Å². The molecule has 0 spiro atoms. The molecule has 0 saturated carbocycles. The van der Waals surface area contributed by atoms with E-state index in [1.807, 2.05) is 0 Å². The second-order valence-corrected chi connectivity index (χ2v) is 3.78. The first kappa shape index (κ1) is 14.2. The first-order valence-corrected chi connectivity index (χ1v) is 5.43. The second kappa shape index (κ2) is 5.65. The number of rotatable bonds is 4. The smallest absolute Gasteiger partial charge is 0.338 e.